The van der Waals surface area contributed by atoms with Crippen molar-refractivity contribution in [1.29, 1.82) is 0 Å². The van der Waals surface area contributed by atoms with Crippen LogP contribution in [0.3, 0.4) is 0 Å². The first-order valence-electron chi connectivity index (χ1n) is 5.09. The highest BCUT2D eigenvalue weighted by Crippen LogP contribution is 2.26. The van der Waals surface area contributed by atoms with E-state index in [1.165, 1.54) is 24.3 Å². The van der Waals surface area contributed by atoms with Crippen LogP contribution in [-0.4, -0.2) is 22.1 Å². The third-order valence-corrected chi connectivity index (χ3v) is 3.48. The Morgan fingerprint density at radius 1 is 1.21 bits per heavy atom. The van der Waals surface area contributed by atoms with Crippen molar-refractivity contribution in [2.24, 2.45) is 0 Å². The number of aromatic carboxylic acids is 1. The van der Waals surface area contributed by atoms with E-state index in [2.05, 4.69) is 5.32 Å². The van der Waals surface area contributed by atoms with Gasteiger partial charge in [-0.2, -0.15) is 0 Å². The van der Waals surface area contributed by atoms with E-state index in [9.17, 15) is 14.7 Å². The van der Waals surface area contributed by atoms with Gasteiger partial charge in [0, 0.05) is 0 Å². The van der Waals surface area contributed by atoms with Crippen LogP contribution in [0.4, 0.5) is 5.00 Å². The van der Waals surface area contributed by atoms with Crippen molar-refractivity contribution in [3.8, 4) is 5.75 Å². The molecule has 0 atom stereocenters. The minimum atomic E-state index is -1.13. The molecule has 0 aliphatic carbocycles. The van der Waals surface area contributed by atoms with E-state index in [0.717, 1.165) is 11.3 Å². The molecule has 0 bridgehead atoms. The molecule has 7 heteroatoms. The quantitative estimate of drug-likeness (QED) is 0.812. The summed E-state index contributed by atoms with van der Waals surface area (Å²) >= 11 is 6.94. The fraction of sp³-hybridized carbons (Fsp3) is 0. The Balaban J connectivity index is 2.28. The second-order valence-corrected chi connectivity index (χ2v) is 4.91. The number of anilines is 1. The number of nitrogens with one attached hydrogen (secondary N) is 1. The van der Waals surface area contributed by atoms with Crippen molar-refractivity contribution in [1.82, 2.24) is 0 Å². The molecule has 2 aromatic rings. The highest BCUT2D eigenvalue weighted by atomic mass is 35.5. The summed E-state index contributed by atoms with van der Waals surface area (Å²) in [5, 5.41) is 22.7. The number of rotatable bonds is 3. The highest BCUT2D eigenvalue weighted by Gasteiger charge is 2.17. The molecule has 19 heavy (non-hydrogen) atoms. The van der Waals surface area contributed by atoms with E-state index in [0.29, 0.717) is 0 Å². The van der Waals surface area contributed by atoms with E-state index in [1.807, 2.05) is 0 Å². The topological polar surface area (TPSA) is 86.6 Å². The Morgan fingerprint density at radius 2 is 1.95 bits per heavy atom. The van der Waals surface area contributed by atoms with Gasteiger partial charge in [-0.05, 0) is 29.6 Å². The number of hydrogen-bond donors (Lipinski definition) is 3. The van der Waals surface area contributed by atoms with E-state index < -0.39 is 11.9 Å². The predicted octanol–water partition coefficient (Wildman–Crippen LogP) is 3.06. The zero-order chi connectivity index (χ0) is 14.0. The number of thiophene rings is 1. The Labute approximate surface area is 117 Å². The van der Waals surface area contributed by atoms with Gasteiger partial charge in [0.25, 0.3) is 5.91 Å². The van der Waals surface area contributed by atoms with E-state index in [1.54, 1.807) is 5.38 Å². The number of carbonyl (C=O) groups excluding carboxylic acids is 1. The van der Waals surface area contributed by atoms with Crippen LogP contribution in [-0.2, 0) is 0 Å². The van der Waals surface area contributed by atoms with Crippen molar-refractivity contribution in [2.75, 3.05) is 5.32 Å². The van der Waals surface area contributed by atoms with Gasteiger partial charge in [0.15, 0.2) is 0 Å². The number of aromatic hydroxyl groups is 1. The average molecular weight is 298 g/mol. The van der Waals surface area contributed by atoms with Crippen molar-refractivity contribution < 1.29 is 19.8 Å². The normalized spacial score (nSPS) is 10.2. The van der Waals surface area contributed by atoms with Crippen LogP contribution in [0.1, 0.15) is 20.7 Å². The second-order valence-electron chi connectivity index (χ2n) is 3.59. The van der Waals surface area contributed by atoms with Crippen LogP contribution >= 0.6 is 22.9 Å². The van der Waals surface area contributed by atoms with Gasteiger partial charge in [0.2, 0.25) is 0 Å². The molecule has 1 heterocycles. The van der Waals surface area contributed by atoms with Crippen LogP contribution in [0.15, 0.2) is 29.6 Å². The Kier molecular flexibility index (Phi) is 3.73. The van der Waals surface area contributed by atoms with Gasteiger partial charge in [0.1, 0.15) is 10.8 Å². The molecule has 0 saturated heterocycles. The fourth-order valence-corrected chi connectivity index (χ4v) is 2.41. The van der Waals surface area contributed by atoms with Gasteiger partial charge < -0.3 is 15.5 Å². The van der Waals surface area contributed by atoms with E-state index in [-0.39, 0.29) is 26.9 Å². The lowest BCUT2D eigenvalue weighted by Gasteiger charge is -2.06. The lowest BCUT2D eigenvalue weighted by Crippen LogP contribution is -2.13. The van der Waals surface area contributed by atoms with Gasteiger partial charge >= 0.3 is 5.97 Å². The lowest BCUT2D eigenvalue weighted by molar-refractivity contribution is 0.0698. The molecule has 0 radical (unpaired) electrons. The number of phenolic OH excluding ortho intramolecular Hbond substituents is 1. The molecule has 0 unspecified atom stereocenters. The largest absolute Gasteiger partial charge is 0.508 e. The van der Waals surface area contributed by atoms with Gasteiger partial charge in [-0.15, -0.1) is 11.3 Å². The molecule has 1 amide bonds. The Morgan fingerprint density at radius 3 is 2.63 bits per heavy atom. The first-order valence-corrected chi connectivity index (χ1v) is 6.35. The molecule has 0 aliphatic rings. The molecule has 98 valence electrons. The van der Waals surface area contributed by atoms with Gasteiger partial charge in [-0.1, -0.05) is 11.6 Å². The van der Waals surface area contributed by atoms with Gasteiger partial charge in [-0.25, -0.2) is 4.79 Å². The molecule has 1 aromatic carbocycles. The van der Waals surface area contributed by atoms with Crippen molar-refractivity contribution in [2.45, 2.75) is 0 Å². The number of carboxylic acids is 1. The summed E-state index contributed by atoms with van der Waals surface area (Å²) in [7, 11) is 0. The summed E-state index contributed by atoms with van der Waals surface area (Å²) in [5.41, 5.74) is 0.0843. The van der Waals surface area contributed by atoms with Gasteiger partial charge in [0.05, 0.1) is 16.1 Å². The highest BCUT2D eigenvalue weighted by molar-refractivity contribution is 7.14. The van der Waals surface area contributed by atoms with Gasteiger partial charge in [-0.3, -0.25) is 4.79 Å². The minimum Gasteiger partial charge on any atom is -0.508 e. The molecule has 0 fully saturated rings. The van der Waals surface area contributed by atoms with Crippen LogP contribution in [0.5, 0.6) is 5.75 Å². The summed E-state index contributed by atoms with van der Waals surface area (Å²) < 4.78 is 0. The first-order chi connectivity index (χ1) is 8.99. The molecule has 0 aliphatic heterocycles. The first kappa shape index (κ1) is 13.4. The molecule has 0 saturated carbocycles. The SMILES string of the molecule is O=C(Nc1sccc1C(=O)O)c1cc(O)ccc1Cl. The van der Waals surface area contributed by atoms with E-state index >= 15 is 0 Å². The molecular weight excluding hydrogens is 290 g/mol. The number of phenols is 1. The number of benzene rings is 1. The monoisotopic (exact) mass is 297 g/mol. The van der Waals surface area contributed by atoms with E-state index in [4.69, 9.17) is 16.7 Å². The summed E-state index contributed by atoms with van der Waals surface area (Å²) in [6, 6.07) is 5.35. The number of carbonyl (C=O) groups is 2. The maximum absolute atomic E-state index is 12.0. The zero-order valence-corrected chi connectivity index (χ0v) is 11.0. The molecule has 2 rings (SSSR count). The van der Waals surface area contributed by atoms with Crippen LogP contribution in [0, 0.1) is 0 Å². The summed E-state index contributed by atoms with van der Waals surface area (Å²) in [4.78, 5) is 22.9. The van der Waals surface area contributed by atoms with Crippen molar-refractivity contribution >= 4 is 39.8 Å². The summed E-state index contributed by atoms with van der Waals surface area (Å²) in [6.07, 6.45) is 0. The van der Waals surface area contributed by atoms with Crippen molar-refractivity contribution in [3.63, 3.8) is 0 Å². The summed E-state index contributed by atoms with van der Waals surface area (Å²) in [6.45, 7) is 0. The average Bonchev–Trinajstić information content (AvgIpc) is 2.80. The number of hydrogen-bond acceptors (Lipinski definition) is 4. The molecule has 5 nitrogen and oxygen atoms in total. The molecular formula is C12H8ClNO4S. The number of carboxylic acid groups (broad SMARTS) is 1. The van der Waals surface area contributed by atoms with Crippen LogP contribution < -0.4 is 5.32 Å². The molecule has 0 spiro atoms. The Bertz CT molecular complexity index is 653. The predicted molar refractivity (Wildman–Crippen MR) is 72.3 cm³/mol. The standard InChI is InChI=1S/C12H8ClNO4S/c13-9-2-1-6(15)5-8(9)10(16)14-11-7(12(17)18)3-4-19-11/h1-5,15H,(H,14,16)(H,17,18). The van der Waals surface area contributed by atoms with Crippen molar-refractivity contribution in [3.05, 3.63) is 45.8 Å². The maximum Gasteiger partial charge on any atom is 0.338 e. The van der Waals surface area contributed by atoms with Crippen LogP contribution in [0.25, 0.3) is 0 Å². The maximum atomic E-state index is 12.0. The summed E-state index contributed by atoms with van der Waals surface area (Å²) in [5.74, 6) is -1.80. The number of amides is 1. The molecule has 3 N–H and O–H groups in total. The smallest absolute Gasteiger partial charge is 0.338 e. The number of halogens is 1. The zero-order valence-electron chi connectivity index (χ0n) is 9.38. The van der Waals surface area contributed by atoms with Crippen LogP contribution in [0.2, 0.25) is 5.02 Å². The fourth-order valence-electron chi connectivity index (χ4n) is 1.43. The lowest BCUT2D eigenvalue weighted by atomic mass is 10.2. The minimum absolute atomic E-state index is 0.00891. The third-order valence-electron chi connectivity index (χ3n) is 2.32. The third kappa shape index (κ3) is 2.86. The molecule has 1 aromatic heterocycles. The second kappa shape index (κ2) is 5.29. The Hall–Kier alpha value is -2.05.